The highest BCUT2D eigenvalue weighted by Crippen LogP contribution is 2.59. The minimum atomic E-state index is -0.821. The van der Waals surface area contributed by atoms with Crippen LogP contribution >= 0.6 is 11.6 Å². The lowest BCUT2D eigenvalue weighted by Gasteiger charge is -2.40. The number of fused-ring (bicyclic) bond motifs is 2. The lowest BCUT2D eigenvalue weighted by Crippen LogP contribution is -2.35. The number of likely N-dealkylation sites (N-methyl/N-ethyl adjacent to an activating group) is 1. The van der Waals surface area contributed by atoms with Crippen molar-refractivity contribution in [3.05, 3.63) is 69.9 Å². The van der Waals surface area contributed by atoms with Gasteiger partial charge in [0.1, 0.15) is 5.02 Å². The van der Waals surface area contributed by atoms with Gasteiger partial charge in [-0.2, -0.15) is 4.98 Å². The highest BCUT2D eigenvalue weighted by molar-refractivity contribution is 6.33. The third kappa shape index (κ3) is 3.78. The average Bonchev–Trinajstić information content (AvgIpc) is 3.60. The van der Waals surface area contributed by atoms with Gasteiger partial charge in [0.05, 0.1) is 12.6 Å². The summed E-state index contributed by atoms with van der Waals surface area (Å²) in [5, 5.41) is 13.5. The summed E-state index contributed by atoms with van der Waals surface area (Å²) in [5.74, 6) is 0.886. The Kier molecular flexibility index (Phi) is 5.30. The number of aromatic nitrogens is 2. The summed E-state index contributed by atoms with van der Waals surface area (Å²) in [6, 6.07) is 12.5. The molecule has 2 aliphatic heterocycles. The smallest absolute Gasteiger partial charge is 0.304 e. The predicted molar refractivity (Wildman–Crippen MR) is 149 cm³/mol. The van der Waals surface area contributed by atoms with E-state index in [1.165, 1.54) is 36.8 Å². The number of carboxylic acids is 1. The van der Waals surface area contributed by atoms with Crippen molar-refractivity contribution >= 4 is 40.7 Å². The van der Waals surface area contributed by atoms with Crippen LogP contribution in [-0.4, -0.2) is 46.1 Å². The van der Waals surface area contributed by atoms with Crippen LogP contribution in [0.5, 0.6) is 0 Å². The molecule has 2 aliphatic carbocycles. The number of halogens is 1. The van der Waals surface area contributed by atoms with Crippen LogP contribution < -0.4 is 10.2 Å². The Morgan fingerprint density at radius 3 is 2.82 bits per heavy atom. The average molecular weight is 530 g/mol. The number of nitrogens with one attached hydrogen (secondary N) is 1. The zero-order valence-corrected chi connectivity index (χ0v) is 22.6. The SMILES string of the molecule is CN1Cc2cc(Nc3ncc(Cl)c(N4CC(C)(CC(=O)O)c5ccccc54)n3)cc3c2C(CCC32CC2)C1. The summed E-state index contributed by atoms with van der Waals surface area (Å²) in [6.07, 6.45) is 6.82. The van der Waals surface area contributed by atoms with E-state index in [1.54, 1.807) is 11.8 Å². The molecule has 0 bridgehead atoms. The zero-order valence-electron chi connectivity index (χ0n) is 21.8. The first-order valence-electron chi connectivity index (χ1n) is 13.5. The van der Waals surface area contributed by atoms with E-state index in [4.69, 9.17) is 16.6 Å². The molecule has 3 heterocycles. The standard InChI is InChI=1S/C30H32ClN5O2/c1-29(13-25(37)38)17-36(24-6-4-3-5-21(24)29)27-23(31)14-32-28(34-27)33-20-11-19-16-35(2)15-18-7-8-30(9-10-30)22(12-20)26(18)19/h3-6,11-12,14,18H,7-10,13,15-17H2,1-2H3,(H,37,38)(H,32,33,34). The van der Waals surface area contributed by atoms with Gasteiger partial charge in [-0.15, -0.1) is 0 Å². The molecule has 7 nitrogen and oxygen atoms in total. The number of nitrogens with zero attached hydrogens (tertiary/aromatic N) is 4. The molecule has 0 amide bonds. The Morgan fingerprint density at radius 1 is 1.21 bits per heavy atom. The zero-order chi connectivity index (χ0) is 26.2. The fourth-order valence-electron chi connectivity index (χ4n) is 7.30. The number of carbonyl (C=O) groups is 1. The molecular weight excluding hydrogens is 498 g/mol. The lowest BCUT2D eigenvalue weighted by molar-refractivity contribution is -0.138. The largest absolute Gasteiger partial charge is 0.481 e. The van der Waals surface area contributed by atoms with E-state index in [9.17, 15) is 9.90 Å². The van der Waals surface area contributed by atoms with Gasteiger partial charge in [0.2, 0.25) is 5.95 Å². The molecule has 2 N–H and O–H groups in total. The highest BCUT2D eigenvalue weighted by Gasteiger charge is 2.50. The number of carboxylic acid groups (broad SMARTS) is 1. The van der Waals surface area contributed by atoms with Crippen molar-refractivity contribution in [2.75, 3.05) is 30.4 Å². The van der Waals surface area contributed by atoms with Crippen molar-refractivity contribution in [3.8, 4) is 0 Å². The molecule has 196 valence electrons. The van der Waals surface area contributed by atoms with Crippen molar-refractivity contribution in [2.45, 2.75) is 62.3 Å². The van der Waals surface area contributed by atoms with E-state index in [2.05, 4.69) is 34.4 Å². The van der Waals surface area contributed by atoms with Gasteiger partial charge < -0.3 is 20.2 Å². The Hall–Kier alpha value is -3.16. The lowest BCUT2D eigenvalue weighted by atomic mass is 9.71. The molecule has 1 fully saturated rings. The number of rotatable bonds is 5. The maximum absolute atomic E-state index is 11.7. The van der Waals surface area contributed by atoms with Crippen LogP contribution in [0.3, 0.4) is 0 Å². The first-order chi connectivity index (χ1) is 18.2. The van der Waals surface area contributed by atoms with Crippen molar-refractivity contribution in [1.29, 1.82) is 0 Å². The number of hydrogen-bond donors (Lipinski definition) is 2. The second-order valence-electron chi connectivity index (χ2n) is 12.0. The van der Waals surface area contributed by atoms with E-state index in [0.29, 0.717) is 34.7 Å². The van der Waals surface area contributed by atoms with Crippen LogP contribution in [0.1, 0.15) is 67.2 Å². The van der Waals surface area contributed by atoms with Gasteiger partial charge in [0, 0.05) is 36.4 Å². The van der Waals surface area contributed by atoms with Crippen LogP contribution in [0.2, 0.25) is 5.02 Å². The third-order valence-electron chi connectivity index (χ3n) is 9.17. The monoisotopic (exact) mass is 529 g/mol. The number of benzene rings is 2. The van der Waals surface area contributed by atoms with Crippen LogP contribution in [0.25, 0.3) is 0 Å². The van der Waals surface area contributed by atoms with Gasteiger partial charge in [-0.25, -0.2) is 4.98 Å². The van der Waals surface area contributed by atoms with E-state index in [0.717, 1.165) is 30.0 Å². The Morgan fingerprint density at radius 2 is 2.03 bits per heavy atom. The summed E-state index contributed by atoms with van der Waals surface area (Å²) in [4.78, 5) is 25.6. The summed E-state index contributed by atoms with van der Waals surface area (Å²) in [6.45, 7) is 4.58. The highest BCUT2D eigenvalue weighted by atomic mass is 35.5. The van der Waals surface area contributed by atoms with Crippen molar-refractivity contribution in [2.24, 2.45) is 0 Å². The van der Waals surface area contributed by atoms with Crippen molar-refractivity contribution in [1.82, 2.24) is 14.9 Å². The number of hydrogen-bond acceptors (Lipinski definition) is 6. The second-order valence-corrected chi connectivity index (χ2v) is 12.4. The maximum Gasteiger partial charge on any atom is 0.304 e. The van der Waals surface area contributed by atoms with Crippen LogP contribution in [0.4, 0.5) is 23.1 Å². The van der Waals surface area contributed by atoms with Crippen LogP contribution in [0, 0.1) is 0 Å². The van der Waals surface area contributed by atoms with E-state index in [-0.39, 0.29) is 6.42 Å². The fraction of sp³-hybridized carbons (Fsp3) is 0.433. The molecule has 2 unspecified atom stereocenters. The molecule has 0 radical (unpaired) electrons. The Bertz CT molecular complexity index is 1470. The third-order valence-corrected chi connectivity index (χ3v) is 9.44. The fourth-order valence-corrected chi connectivity index (χ4v) is 7.49. The Balaban J connectivity index is 1.25. The summed E-state index contributed by atoms with van der Waals surface area (Å²) < 4.78 is 0. The predicted octanol–water partition coefficient (Wildman–Crippen LogP) is 6.11. The van der Waals surface area contributed by atoms with Gasteiger partial charge in [0.25, 0.3) is 0 Å². The van der Waals surface area contributed by atoms with E-state index in [1.807, 2.05) is 36.1 Å². The first-order valence-corrected chi connectivity index (χ1v) is 13.9. The summed E-state index contributed by atoms with van der Waals surface area (Å²) in [5.41, 5.74) is 7.32. The molecule has 0 saturated heterocycles. The molecular formula is C30H32ClN5O2. The molecule has 3 aromatic rings. The van der Waals surface area contributed by atoms with Crippen LogP contribution in [-0.2, 0) is 22.2 Å². The maximum atomic E-state index is 11.7. The summed E-state index contributed by atoms with van der Waals surface area (Å²) in [7, 11) is 2.21. The van der Waals surface area contributed by atoms with Crippen molar-refractivity contribution < 1.29 is 9.90 Å². The van der Waals surface area contributed by atoms with Crippen molar-refractivity contribution in [3.63, 3.8) is 0 Å². The molecule has 2 aromatic carbocycles. The quantitative estimate of drug-likeness (QED) is 0.412. The van der Waals surface area contributed by atoms with E-state index >= 15 is 0 Å². The number of para-hydroxylation sites is 1. The van der Waals surface area contributed by atoms with Gasteiger partial charge in [-0.05, 0) is 84.5 Å². The molecule has 38 heavy (non-hydrogen) atoms. The summed E-state index contributed by atoms with van der Waals surface area (Å²) >= 11 is 6.66. The number of aliphatic carboxylic acids is 1. The minimum Gasteiger partial charge on any atom is -0.481 e. The molecule has 4 aliphatic rings. The molecule has 8 heteroatoms. The van der Waals surface area contributed by atoms with Gasteiger partial charge in [-0.1, -0.05) is 36.7 Å². The van der Waals surface area contributed by atoms with Gasteiger partial charge >= 0.3 is 5.97 Å². The molecule has 7 rings (SSSR count). The van der Waals surface area contributed by atoms with E-state index < -0.39 is 11.4 Å². The van der Waals surface area contributed by atoms with Gasteiger partial charge in [0.15, 0.2) is 5.82 Å². The topological polar surface area (TPSA) is 81.6 Å². The minimum absolute atomic E-state index is 0.0312. The Labute approximate surface area is 227 Å². The molecule has 2 atom stereocenters. The molecule has 1 spiro atoms. The molecule has 1 aromatic heterocycles. The second kappa shape index (κ2) is 8.42. The first kappa shape index (κ1) is 23.9. The normalized spacial score (nSPS) is 24.7. The molecule has 1 saturated carbocycles. The number of anilines is 4. The van der Waals surface area contributed by atoms with Gasteiger partial charge in [-0.3, -0.25) is 4.79 Å². The van der Waals surface area contributed by atoms with Crippen LogP contribution in [0.15, 0.2) is 42.6 Å².